The quantitative estimate of drug-likeness (QED) is 0.785. The fourth-order valence-electron chi connectivity index (χ4n) is 1.25. The zero-order chi connectivity index (χ0) is 13.5. The van der Waals surface area contributed by atoms with Crippen LogP contribution in [0.2, 0.25) is 0 Å². The molecule has 0 radical (unpaired) electrons. The number of aliphatic hydroxyl groups is 1. The first kappa shape index (κ1) is 15.1. The van der Waals surface area contributed by atoms with Crippen molar-refractivity contribution >= 4 is 22.2 Å². The van der Waals surface area contributed by atoms with E-state index in [0.717, 1.165) is 6.29 Å². The maximum absolute atomic E-state index is 10.7. The molecule has 0 aliphatic carbocycles. The summed E-state index contributed by atoms with van der Waals surface area (Å²) in [6.45, 7) is 4.17. The zero-order valence-corrected chi connectivity index (χ0v) is 12.0. The van der Waals surface area contributed by atoms with Gasteiger partial charge in [-0.1, -0.05) is 15.9 Å². The SMILES string of the molecule is CC(C)OCC(O)COc1ccc(Br)c(C=O)c1. The highest BCUT2D eigenvalue weighted by Gasteiger charge is 2.08. The summed E-state index contributed by atoms with van der Waals surface area (Å²) in [5.74, 6) is 0.545. The topological polar surface area (TPSA) is 55.8 Å². The van der Waals surface area contributed by atoms with E-state index in [1.165, 1.54) is 0 Å². The zero-order valence-electron chi connectivity index (χ0n) is 10.4. The first-order valence-electron chi connectivity index (χ1n) is 5.70. The first-order valence-corrected chi connectivity index (χ1v) is 6.49. The van der Waals surface area contributed by atoms with Crippen molar-refractivity contribution in [3.63, 3.8) is 0 Å². The molecule has 100 valence electrons. The highest BCUT2D eigenvalue weighted by Crippen LogP contribution is 2.21. The van der Waals surface area contributed by atoms with Crippen LogP contribution in [0, 0.1) is 0 Å². The van der Waals surface area contributed by atoms with E-state index in [9.17, 15) is 9.90 Å². The molecular weight excluding hydrogens is 300 g/mol. The van der Waals surface area contributed by atoms with Gasteiger partial charge in [0.2, 0.25) is 0 Å². The molecule has 18 heavy (non-hydrogen) atoms. The molecule has 0 amide bonds. The number of hydrogen-bond donors (Lipinski definition) is 1. The van der Waals surface area contributed by atoms with Gasteiger partial charge >= 0.3 is 0 Å². The summed E-state index contributed by atoms with van der Waals surface area (Å²) in [4.78, 5) is 10.7. The third-order valence-corrected chi connectivity index (χ3v) is 2.88. The number of hydrogen-bond acceptors (Lipinski definition) is 4. The second-order valence-electron chi connectivity index (χ2n) is 4.15. The number of ether oxygens (including phenoxy) is 2. The highest BCUT2D eigenvalue weighted by atomic mass is 79.9. The van der Waals surface area contributed by atoms with Crippen molar-refractivity contribution in [2.24, 2.45) is 0 Å². The maximum atomic E-state index is 10.7. The van der Waals surface area contributed by atoms with Crippen LogP contribution in [0.4, 0.5) is 0 Å². The van der Waals surface area contributed by atoms with Crippen molar-refractivity contribution in [2.75, 3.05) is 13.2 Å². The largest absolute Gasteiger partial charge is 0.491 e. The Morgan fingerprint density at radius 3 is 2.72 bits per heavy atom. The molecule has 1 unspecified atom stereocenters. The molecule has 0 aromatic heterocycles. The van der Waals surface area contributed by atoms with Gasteiger partial charge in [-0.25, -0.2) is 0 Å². The molecular formula is C13H17BrO4. The predicted octanol–water partition coefficient (Wildman–Crippen LogP) is 2.43. The lowest BCUT2D eigenvalue weighted by Gasteiger charge is -2.14. The van der Waals surface area contributed by atoms with E-state index >= 15 is 0 Å². The molecule has 1 aromatic rings. The molecule has 1 aromatic carbocycles. The average molecular weight is 317 g/mol. The van der Waals surface area contributed by atoms with Gasteiger partial charge in [-0.05, 0) is 32.0 Å². The van der Waals surface area contributed by atoms with Crippen molar-refractivity contribution in [3.05, 3.63) is 28.2 Å². The maximum Gasteiger partial charge on any atom is 0.151 e. The molecule has 0 saturated carbocycles. The predicted molar refractivity (Wildman–Crippen MR) is 72.1 cm³/mol. The Hall–Kier alpha value is -0.910. The van der Waals surface area contributed by atoms with Gasteiger partial charge in [0.25, 0.3) is 0 Å². The fourth-order valence-corrected chi connectivity index (χ4v) is 1.59. The van der Waals surface area contributed by atoms with Crippen molar-refractivity contribution < 1.29 is 19.4 Å². The van der Waals surface area contributed by atoms with Gasteiger partial charge in [-0.15, -0.1) is 0 Å². The van der Waals surface area contributed by atoms with Gasteiger partial charge in [0.05, 0.1) is 12.7 Å². The van der Waals surface area contributed by atoms with E-state index < -0.39 is 6.10 Å². The van der Waals surface area contributed by atoms with Crippen LogP contribution < -0.4 is 4.74 Å². The molecule has 0 saturated heterocycles. The standard InChI is InChI=1S/C13H17BrO4/c1-9(2)17-7-11(16)8-18-12-3-4-13(14)10(5-12)6-15/h3-6,9,11,16H,7-8H2,1-2H3. The van der Waals surface area contributed by atoms with E-state index in [1.54, 1.807) is 18.2 Å². The molecule has 0 heterocycles. The molecule has 5 heteroatoms. The third kappa shape index (κ3) is 5.16. The van der Waals surface area contributed by atoms with Crippen LogP contribution in [0.15, 0.2) is 22.7 Å². The van der Waals surface area contributed by atoms with Crippen LogP contribution in [-0.2, 0) is 4.74 Å². The molecule has 1 atom stereocenters. The fraction of sp³-hybridized carbons (Fsp3) is 0.462. The summed E-state index contributed by atoms with van der Waals surface area (Å²) < 4.78 is 11.4. The second kappa shape index (κ2) is 7.51. The van der Waals surface area contributed by atoms with Crippen molar-refractivity contribution in [1.29, 1.82) is 0 Å². The monoisotopic (exact) mass is 316 g/mol. The normalized spacial score (nSPS) is 12.5. The van der Waals surface area contributed by atoms with Gasteiger partial charge in [0, 0.05) is 10.0 Å². The molecule has 1 N–H and O–H groups in total. The number of rotatable bonds is 7. The minimum absolute atomic E-state index is 0.0778. The molecule has 0 bridgehead atoms. The summed E-state index contributed by atoms with van der Waals surface area (Å²) in [7, 11) is 0. The Bertz CT molecular complexity index is 393. The Kier molecular flexibility index (Phi) is 6.32. The van der Waals surface area contributed by atoms with Crippen LogP contribution in [0.3, 0.4) is 0 Å². The minimum Gasteiger partial charge on any atom is -0.491 e. The smallest absolute Gasteiger partial charge is 0.151 e. The summed E-state index contributed by atoms with van der Waals surface area (Å²) in [5.41, 5.74) is 0.514. The summed E-state index contributed by atoms with van der Waals surface area (Å²) in [5, 5.41) is 9.61. The molecule has 0 aliphatic rings. The van der Waals surface area contributed by atoms with Gasteiger partial charge in [-0.2, -0.15) is 0 Å². The average Bonchev–Trinajstić information content (AvgIpc) is 2.35. The van der Waals surface area contributed by atoms with E-state index in [0.29, 0.717) is 15.8 Å². The summed E-state index contributed by atoms with van der Waals surface area (Å²) >= 11 is 3.26. The number of benzene rings is 1. The Morgan fingerprint density at radius 1 is 1.39 bits per heavy atom. The molecule has 0 aliphatic heterocycles. The van der Waals surface area contributed by atoms with Crippen LogP contribution in [0.5, 0.6) is 5.75 Å². The highest BCUT2D eigenvalue weighted by molar-refractivity contribution is 9.10. The van der Waals surface area contributed by atoms with Crippen LogP contribution >= 0.6 is 15.9 Å². The summed E-state index contributed by atoms with van der Waals surface area (Å²) in [6.07, 6.45) is 0.139. The van der Waals surface area contributed by atoms with E-state index in [2.05, 4.69) is 15.9 Å². The van der Waals surface area contributed by atoms with Gasteiger partial charge in [0.15, 0.2) is 6.29 Å². The molecule has 4 nitrogen and oxygen atoms in total. The molecule has 1 rings (SSSR count). The second-order valence-corrected chi connectivity index (χ2v) is 5.00. The number of aliphatic hydroxyl groups excluding tert-OH is 1. The summed E-state index contributed by atoms with van der Waals surface area (Å²) in [6, 6.07) is 5.08. The lowest BCUT2D eigenvalue weighted by atomic mass is 10.2. The Balaban J connectivity index is 2.45. The van der Waals surface area contributed by atoms with Crippen molar-refractivity contribution in [1.82, 2.24) is 0 Å². The Labute approximate surface area is 115 Å². The van der Waals surface area contributed by atoms with Crippen LogP contribution in [0.25, 0.3) is 0 Å². The van der Waals surface area contributed by atoms with E-state index in [4.69, 9.17) is 9.47 Å². The first-order chi connectivity index (χ1) is 8.52. The molecule has 0 spiro atoms. The molecule has 0 fully saturated rings. The number of aldehydes is 1. The van der Waals surface area contributed by atoms with Crippen molar-refractivity contribution in [3.8, 4) is 5.75 Å². The van der Waals surface area contributed by atoms with Gasteiger partial charge in [0.1, 0.15) is 18.5 Å². The number of halogens is 1. The van der Waals surface area contributed by atoms with E-state index in [1.807, 2.05) is 13.8 Å². The minimum atomic E-state index is -0.685. The lowest BCUT2D eigenvalue weighted by Crippen LogP contribution is -2.25. The third-order valence-electron chi connectivity index (χ3n) is 2.16. The van der Waals surface area contributed by atoms with Crippen LogP contribution in [-0.4, -0.2) is 36.8 Å². The lowest BCUT2D eigenvalue weighted by molar-refractivity contribution is -0.0122. The number of carbonyl (C=O) groups excluding carboxylic acids is 1. The number of carbonyl (C=O) groups is 1. The Morgan fingerprint density at radius 2 is 2.11 bits per heavy atom. The van der Waals surface area contributed by atoms with Gasteiger partial charge < -0.3 is 14.6 Å². The van der Waals surface area contributed by atoms with E-state index in [-0.39, 0.29) is 19.3 Å². The van der Waals surface area contributed by atoms with Gasteiger partial charge in [-0.3, -0.25) is 4.79 Å². The van der Waals surface area contributed by atoms with Crippen molar-refractivity contribution in [2.45, 2.75) is 26.1 Å². The van der Waals surface area contributed by atoms with Crippen LogP contribution in [0.1, 0.15) is 24.2 Å².